The van der Waals surface area contributed by atoms with Gasteiger partial charge in [0.25, 0.3) is 0 Å². The molecule has 0 amide bonds. The van der Waals surface area contributed by atoms with Crippen LogP contribution in [-0.2, 0) is 12.7 Å². The lowest BCUT2D eigenvalue weighted by Crippen LogP contribution is -2.06. The summed E-state index contributed by atoms with van der Waals surface area (Å²) in [4.78, 5) is 3.99. The summed E-state index contributed by atoms with van der Waals surface area (Å²) in [5, 5.41) is 3.11. The summed E-state index contributed by atoms with van der Waals surface area (Å²) in [7, 11) is 0. The lowest BCUT2D eigenvalue weighted by atomic mass is 10.1. The fourth-order valence-electron chi connectivity index (χ4n) is 1.73. The molecule has 2 rings (SSSR count). The van der Waals surface area contributed by atoms with E-state index in [1.807, 2.05) is 13.0 Å². The molecule has 1 N–H and O–H groups in total. The van der Waals surface area contributed by atoms with Crippen LogP contribution in [0.2, 0.25) is 0 Å². The number of halogens is 4. The van der Waals surface area contributed by atoms with Crippen LogP contribution in [0.4, 0.5) is 18.9 Å². The highest BCUT2D eigenvalue weighted by Gasteiger charge is 2.30. The monoisotopic (exact) mass is 344 g/mol. The standard InChI is InChI=1S/C14H12BrF3N2/c1-9-7-19-5-4-10(9)8-20-13-3-2-11(6-12(13)15)14(16,17)18/h2-7,20H,8H2,1H3. The summed E-state index contributed by atoms with van der Waals surface area (Å²) in [5.74, 6) is 0. The topological polar surface area (TPSA) is 24.9 Å². The molecule has 1 aromatic heterocycles. The van der Waals surface area contributed by atoms with Gasteiger partial charge < -0.3 is 5.32 Å². The predicted octanol–water partition coefficient (Wildman–Crippen LogP) is 4.78. The molecule has 0 aliphatic rings. The molecule has 0 bridgehead atoms. The van der Waals surface area contributed by atoms with Crippen molar-refractivity contribution in [3.63, 3.8) is 0 Å². The van der Waals surface area contributed by atoms with Gasteiger partial charge in [0, 0.05) is 29.1 Å². The Hall–Kier alpha value is -1.56. The van der Waals surface area contributed by atoms with Crippen molar-refractivity contribution in [1.82, 2.24) is 4.98 Å². The van der Waals surface area contributed by atoms with Crippen molar-refractivity contribution in [3.05, 3.63) is 57.8 Å². The second kappa shape index (κ2) is 5.83. The minimum absolute atomic E-state index is 0.388. The molecule has 1 heterocycles. The highest BCUT2D eigenvalue weighted by molar-refractivity contribution is 9.10. The number of rotatable bonds is 3. The number of alkyl halides is 3. The van der Waals surface area contributed by atoms with Crippen molar-refractivity contribution in [2.45, 2.75) is 19.6 Å². The van der Waals surface area contributed by atoms with Crippen LogP contribution in [0.3, 0.4) is 0 Å². The SMILES string of the molecule is Cc1cnccc1CNc1ccc(C(F)(F)F)cc1Br. The van der Waals surface area contributed by atoms with E-state index in [9.17, 15) is 13.2 Å². The molecule has 6 heteroatoms. The minimum Gasteiger partial charge on any atom is -0.380 e. The predicted molar refractivity (Wildman–Crippen MR) is 75.4 cm³/mol. The molecule has 2 nitrogen and oxygen atoms in total. The zero-order valence-electron chi connectivity index (χ0n) is 10.6. The van der Waals surface area contributed by atoms with Crippen LogP contribution in [0.25, 0.3) is 0 Å². The first-order valence-corrected chi connectivity index (χ1v) is 6.67. The van der Waals surface area contributed by atoms with E-state index in [0.717, 1.165) is 23.3 Å². The number of aryl methyl sites for hydroxylation is 1. The Morgan fingerprint density at radius 3 is 2.60 bits per heavy atom. The van der Waals surface area contributed by atoms with Crippen molar-refractivity contribution >= 4 is 21.6 Å². The number of nitrogens with one attached hydrogen (secondary N) is 1. The van der Waals surface area contributed by atoms with Crippen molar-refractivity contribution in [1.29, 1.82) is 0 Å². The minimum atomic E-state index is -4.33. The normalized spacial score (nSPS) is 11.4. The number of benzene rings is 1. The van der Waals surface area contributed by atoms with Crippen LogP contribution in [0.1, 0.15) is 16.7 Å². The third-order valence-corrected chi connectivity index (χ3v) is 3.56. The molecule has 0 saturated carbocycles. The van der Waals surface area contributed by atoms with E-state index in [1.165, 1.54) is 6.07 Å². The first kappa shape index (κ1) is 14.8. The van der Waals surface area contributed by atoms with Crippen molar-refractivity contribution in [3.8, 4) is 0 Å². The average molecular weight is 345 g/mol. The lowest BCUT2D eigenvalue weighted by Gasteiger charge is -2.13. The van der Waals surface area contributed by atoms with Gasteiger partial charge in [-0.1, -0.05) is 0 Å². The van der Waals surface area contributed by atoms with Gasteiger partial charge >= 0.3 is 6.18 Å². The molecule has 106 valence electrons. The van der Waals surface area contributed by atoms with Crippen LogP contribution in [0.5, 0.6) is 0 Å². The zero-order valence-corrected chi connectivity index (χ0v) is 12.2. The largest absolute Gasteiger partial charge is 0.416 e. The van der Waals surface area contributed by atoms with E-state index in [2.05, 4.69) is 26.2 Å². The fraction of sp³-hybridized carbons (Fsp3) is 0.214. The smallest absolute Gasteiger partial charge is 0.380 e. The maximum atomic E-state index is 12.6. The van der Waals surface area contributed by atoms with Gasteiger partial charge in [0.2, 0.25) is 0 Å². The van der Waals surface area contributed by atoms with Gasteiger partial charge in [0.15, 0.2) is 0 Å². The number of nitrogens with zero attached hydrogens (tertiary/aromatic N) is 1. The molecule has 0 unspecified atom stereocenters. The van der Waals surface area contributed by atoms with E-state index in [1.54, 1.807) is 12.4 Å². The van der Waals surface area contributed by atoms with Gasteiger partial charge in [-0.3, -0.25) is 4.98 Å². The van der Waals surface area contributed by atoms with E-state index >= 15 is 0 Å². The summed E-state index contributed by atoms with van der Waals surface area (Å²) < 4.78 is 38.1. The van der Waals surface area contributed by atoms with Gasteiger partial charge in [-0.2, -0.15) is 13.2 Å². The Balaban J connectivity index is 2.13. The summed E-state index contributed by atoms with van der Waals surface area (Å²) in [5.41, 5.74) is 2.03. The summed E-state index contributed by atoms with van der Waals surface area (Å²) in [6.07, 6.45) is -0.895. The number of aromatic nitrogens is 1. The van der Waals surface area contributed by atoms with E-state index < -0.39 is 11.7 Å². The zero-order chi connectivity index (χ0) is 14.8. The number of anilines is 1. The number of hydrogen-bond acceptors (Lipinski definition) is 2. The highest BCUT2D eigenvalue weighted by atomic mass is 79.9. The van der Waals surface area contributed by atoms with Crippen LogP contribution < -0.4 is 5.32 Å². The molecule has 0 spiro atoms. The lowest BCUT2D eigenvalue weighted by molar-refractivity contribution is -0.137. The van der Waals surface area contributed by atoms with Crippen molar-refractivity contribution in [2.24, 2.45) is 0 Å². The third kappa shape index (κ3) is 3.50. The van der Waals surface area contributed by atoms with Crippen LogP contribution >= 0.6 is 15.9 Å². The Morgan fingerprint density at radius 2 is 2.00 bits per heavy atom. The van der Waals surface area contributed by atoms with E-state index in [4.69, 9.17) is 0 Å². The van der Waals surface area contributed by atoms with Crippen LogP contribution in [0.15, 0.2) is 41.1 Å². The van der Waals surface area contributed by atoms with Crippen LogP contribution in [0, 0.1) is 6.92 Å². The van der Waals surface area contributed by atoms with Crippen molar-refractivity contribution < 1.29 is 13.2 Å². The maximum Gasteiger partial charge on any atom is 0.416 e. The van der Waals surface area contributed by atoms with Crippen molar-refractivity contribution in [2.75, 3.05) is 5.32 Å². The number of hydrogen-bond donors (Lipinski definition) is 1. The molecule has 0 atom stereocenters. The molecule has 20 heavy (non-hydrogen) atoms. The Morgan fingerprint density at radius 1 is 1.25 bits per heavy atom. The molecular weight excluding hydrogens is 333 g/mol. The van der Waals surface area contributed by atoms with E-state index in [0.29, 0.717) is 16.7 Å². The molecule has 0 saturated heterocycles. The molecule has 0 fully saturated rings. The average Bonchev–Trinajstić information content (AvgIpc) is 2.38. The second-order valence-corrected chi connectivity index (χ2v) is 5.20. The molecular formula is C14H12BrF3N2. The van der Waals surface area contributed by atoms with E-state index in [-0.39, 0.29) is 0 Å². The third-order valence-electron chi connectivity index (χ3n) is 2.90. The van der Waals surface area contributed by atoms with Gasteiger partial charge in [-0.25, -0.2) is 0 Å². The summed E-state index contributed by atoms with van der Waals surface area (Å²) >= 11 is 3.16. The first-order valence-electron chi connectivity index (χ1n) is 5.88. The molecule has 2 aromatic rings. The first-order chi connectivity index (χ1) is 9.38. The van der Waals surface area contributed by atoms with Gasteiger partial charge in [-0.15, -0.1) is 0 Å². The maximum absolute atomic E-state index is 12.6. The quantitative estimate of drug-likeness (QED) is 0.866. The second-order valence-electron chi connectivity index (χ2n) is 4.35. The molecule has 0 aliphatic carbocycles. The van der Waals surface area contributed by atoms with Gasteiger partial charge in [0.1, 0.15) is 0 Å². The van der Waals surface area contributed by atoms with Gasteiger partial charge in [-0.05, 0) is 58.2 Å². The molecule has 0 radical (unpaired) electrons. The Kier molecular flexibility index (Phi) is 4.32. The number of pyridine rings is 1. The van der Waals surface area contributed by atoms with Gasteiger partial charge in [0.05, 0.1) is 5.56 Å². The van der Waals surface area contributed by atoms with Crippen LogP contribution in [-0.4, -0.2) is 4.98 Å². The Bertz CT molecular complexity index is 612. The fourth-order valence-corrected chi connectivity index (χ4v) is 2.24. The summed E-state index contributed by atoms with van der Waals surface area (Å²) in [6, 6.07) is 5.43. The molecule has 1 aromatic carbocycles. The summed E-state index contributed by atoms with van der Waals surface area (Å²) in [6.45, 7) is 2.46. The Labute approximate surface area is 123 Å². The molecule has 0 aliphatic heterocycles. The highest BCUT2D eigenvalue weighted by Crippen LogP contribution is 2.34.